The summed E-state index contributed by atoms with van der Waals surface area (Å²) in [6.45, 7) is 6.69. The van der Waals surface area contributed by atoms with E-state index in [-0.39, 0.29) is 18.0 Å². The number of para-hydroxylation sites is 1. The van der Waals surface area contributed by atoms with Crippen molar-refractivity contribution < 1.29 is 9.53 Å². The smallest absolute Gasteiger partial charge is 0.315 e. The van der Waals surface area contributed by atoms with Crippen molar-refractivity contribution in [2.45, 2.75) is 32.8 Å². The minimum atomic E-state index is -0.160. The minimum Gasteiger partial charge on any atom is -0.462 e. The fourth-order valence-corrected chi connectivity index (χ4v) is 1.90. The minimum absolute atomic E-state index is 0.0322. The second kappa shape index (κ2) is 4.78. The van der Waals surface area contributed by atoms with Crippen molar-refractivity contribution in [1.82, 2.24) is 0 Å². The van der Waals surface area contributed by atoms with Crippen LogP contribution in [0.4, 0.5) is 5.69 Å². The number of esters is 1. The van der Waals surface area contributed by atoms with Gasteiger partial charge in [-0.15, -0.1) is 0 Å². The quantitative estimate of drug-likeness (QED) is 0.816. The topological polar surface area (TPSA) is 38.3 Å². The van der Waals surface area contributed by atoms with Crippen LogP contribution in [0.1, 0.15) is 32.3 Å². The summed E-state index contributed by atoms with van der Waals surface area (Å²) < 4.78 is 5.47. The second-order valence-electron chi connectivity index (χ2n) is 4.91. The van der Waals surface area contributed by atoms with Crippen LogP contribution >= 0.6 is 0 Å². The molecule has 0 spiro atoms. The Morgan fingerprint density at radius 1 is 1.35 bits per heavy atom. The van der Waals surface area contributed by atoms with E-state index >= 15 is 0 Å². The number of benzene rings is 1. The lowest BCUT2D eigenvalue weighted by Gasteiger charge is -2.19. The van der Waals surface area contributed by atoms with Crippen molar-refractivity contribution >= 4 is 11.7 Å². The Balaban J connectivity index is 2.08. The van der Waals surface area contributed by atoms with E-state index < -0.39 is 0 Å². The average molecular weight is 233 g/mol. The highest BCUT2D eigenvalue weighted by Crippen LogP contribution is 2.32. The van der Waals surface area contributed by atoms with E-state index in [1.165, 1.54) is 0 Å². The molecule has 2 unspecified atom stereocenters. The summed E-state index contributed by atoms with van der Waals surface area (Å²) in [5.41, 5.74) is 2.10. The van der Waals surface area contributed by atoms with Gasteiger partial charge in [0.05, 0.1) is 0 Å². The SMILES string of the molecule is CC(C)C(C)OC(=O)C1CNc2ccccc21. The third kappa shape index (κ3) is 2.43. The van der Waals surface area contributed by atoms with Crippen LogP contribution in [0.3, 0.4) is 0 Å². The number of carbonyl (C=O) groups is 1. The standard InChI is InChI=1S/C14H19NO2/c1-9(2)10(3)17-14(16)12-8-15-13-7-5-4-6-11(12)13/h4-7,9-10,12,15H,8H2,1-3H3. The second-order valence-corrected chi connectivity index (χ2v) is 4.91. The first-order chi connectivity index (χ1) is 8.09. The molecule has 1 aromatic carbocycles. The molecule has 0 amide bonds. The lowest BCUT2D eigenvalue weighted by atomic mass is 10.0. The molecule has 0 saturated carbocycles. The number of anilines is 1. The molecule has 1 heterocycles. The van der Waals surface area contributed by atoms with Crippen LogP contribution in [-0.2, 0) is 9.53 Å². The molecule has 1 aliphatic rings. The Bertz CT molecular complexity index is 414. The van der Waals surface area contributed by atoms with E-state index in [1.807, 2.05) is 31.2 Å². The number of fused-ring (bicyclic) bond motifs is 1. The number of hydrogen-bond donors (Lipinski definition) is 1. The van der Waals surface area contributed by atoms with Gasteiger partial charge in [-0.2, -0.15) is 0 Å². The maximum atomic E-state index is 12.1. The van der Waals surface area contributed by atoms with E-state index in [4.69, 9.17) is 4.74 Å². The van der Waals surface area contributed by atoms with Gasteiger partial charge in [0, 0.05) is 12.2 Å². The van der Waals surface area contributed by atoms with E-state index in [9.17, 15) is 4.79 Å². The summed E-state index contributed by atoms with van der Waals surface area (Å²) in [7, 11) is 0. The molecule has 3 nitrogen and oxygen atoms in total. The molecular formula is C14H19NO2. The summed E-state index contributed by atoms with van der Waals surface area (Å²) in [5, 5.41) is 3.23. The van der Waals surface area contributed by atoms with Crippen molar-refractivity contribution in [3.63, 3.8) is 0 Å². The first-order valence-corrected chi connectivity index (χ1v) is 6.13. The Hall–Kier alpha value is -1.51. The van der Waals surface area contributed by atoms with Crippen molar-refractivity contribution in [3.05, 3.63) is 29.8 Å². The highest BCUT2D eigenvalue weighted by Gasteiger charge is 2.30. The molecule has 0 aliphatic carbocycles. The van der Waals surface area contributed by atoms with Crippen molar-refractivity contribution in [2.75, 3.05) is 11.9 Å². The van der Waals surface area contributed by atoms with Gasteiger partial charge in [-0.1, -0.05) is 32.0 Å². The average Bonchev–Trinajstić information content (AvgIpc) is 2.72. The van der Waals surface area contributed by atoms with Crippen LogP contribution in [0.2, 0.25) is 0 Å². The third-order valence-corrected chi connectivity index (χ3v) is 3.36. The van der Waals surface area contributed by atoms with Crippen LogP contribution in [0.5, 0.6) is 0 Å². The number of carbonyl (C=O) groups excluding carboxylic acids is 1. The van der Waals surface area contributed by atoms with Gasteiger partial charge in [-0.3, -0.25) is 4.79 Å². The lowest BCUT2D eigenvalue weighted by molar-refractivity contribution is -0.151. The van der Waals surface area contributed by atoms with Gasteiger partial charge in [0.25, 0.3) is 0 Å². The van der Waals surface area contributed by atoms with Gasteiger partial charge in [0.1, 0.15) is 12.0 Å². The van der Waals surface area contributed by atoms with Crippen molar-refractivity contribution in [2.24, 2.45) is 5.92 Å². The molecule has 0 radical (unpaired) electrons. The highest BCUT2D eigenvalue weighted by atomic mass is 16.5. The predicted molar refractivity (Wildman–Crippen MR) is 68.1 cm³/mol. The van der Waals surface area contributed by atoms with E-state index in [1.54, 1.807) is 0 Å². The van der Waals surface area contributed by atoms with Gasteiger partial charge in [-0.05, 0) is 24.5 Å². The maximum absolute atomic E-state index is 12.1. The monoisotopic (exact) mass is 233 g/mol. The fraction of sp³-hybridized carbons (Fsp3) is 0.500. The van der Waals surface area contributed by atoms with Crippen LogP contribution in [-0.4, -0.2) is 18.6 Å². The summed E-state index contributed by atoms with van der Waals surface area (Å²) in [6.07, 6.45) is -0.0322. The van der Waals surface area contributed by atoms with Crippen LogP contribution in [0.25, 0.3) is 0 Å². The molecule has 0 saturated heterocycles. The summed E-state index contributed by atoms with van der Waals surface area (Å²) >= 11 is 0. The van der Waals surface area contributed by atoms with Gasteiger partial charge in [0.15, 0.2) is 0 Å². The zero-order valence-electron chi connectivity index (χ0n) is 10.6. The maximum Gasteiger partial charge on any atom is 0.315 e. The molecule has 3 heteroatoms. The molecule has 2 rings (SSSR count). The van der Waals surface area contributed by atoms with Crippen molar-refractivity contribution in [1.29, 1.82) is 0 Å². The number of rotatable bonds is 3. The molecule has 2 atom stereocenters. The fourth-order valence-electron chi connectivity index (χ4n) is 1.90. The molecular weight excluding hydrogens is 214 g/mol. The highest BCUT2D eigenvalue weighted by molar-refractivity contribution is 5.84. The lowest BCUT2D eigenvalue weighted by Crippen LogP contribution is -2.25. The van der Waals surface area contributed by atoms with E-state index in [0.29, 0.717) is 12.5 Å². The number of nitrogens with one attached hydrogen (secondary N) is 1. The molecule has 1 N–H and O–H groups in total. The summed E-state index contributed by atoms with van der Waals surface area (Å²) in [6, 6.07) is 7.91. The van der Waals surface area contributed by atoms with Gasteiger partial charge in [0.2, 0.25) is 0 Å². The van der Waals surface area contributed by atoms with E-state index in [0.717, 1.165) is 11.3 Å². The Kier molecular flexibility index (Phi) is 3.36. The largest absolute Gasteiger partial charge is 0.462 e. The Labute approximate surface area is 102 Å². The van der Waals surface area contributed by atoms with Crippen LogP contribution < -0.4 is 5.32 Å². The molecule has 1 aromatic rings. The van der Waals surface area contributed by atoms with Gasteiger partial charge >= 0.3 is 5.97 Å². The first kappa shape index (κ1) is 12.0. The molecule has 92 valence electrons. The molecule has 0 aromatic heterocycles. The zero-order valence-corrected chi connectivity index (χ0v) is 10.6. The van der Waals surface area contributed by atoms with Crippen molar-refractivity contribution in [3.8, 4) is 0 Å². The van der Waals surface area contributed by atoms with Crippen LogP contribution in [0.15, 0.2) is 24.3 Å². The molecule has 1 aliphatic heterocycles. The number of hydrogen-bond acceptors (Lipinski definition) is 3. The zero-order chi connectivity index (χ0) is 12.4. The number of ether oxygens (including phenoxy) is 1. The third-order valence-electron chi connectivity index (χ3n) is 3.36. The predicted octanol–water partition coefficient (Wildman–Crippen LogP) is 2.78. The Morgan fingerprint density at radius 3 is 2.76 bits per heavy atom. The molecule has 0 fully saturated rings. The van der Waals surface area contributed by atoms with E-state index in [2.05, 4.69) is 19.2 Å². The first-order valence-electron chi connectivity index (χ1n) is 6.13. The molecule has 17 heavy (non-hydrogen) atoms. The van der Waals surface area contributed by atoms with Gasteiger partial charge < -0.3 is 10.1 Å². The normalized spacial score (nSPS) is 19.6. The summed E-state index contributed by atoms with van der Waals surface area (Å²) in [4.78, 5) is 12.1. The van der Waals surface area contributed by atoms with Gasteiger partial charge in [-0.25, -0.2) is 0 Å². The Morgan fingerprint density at radius 2 is 2.06 bits per heavy atom. The van der Waals surface area contributed by atoms with Crippen LogP contribution in [0, 0.1) is 5.92 Å². The molecule has 0 bridgehead atoms. The summed E-state index contributed by atoms with van der Waals surface area (Å²) in [5.74, 6) is 0.0691.